The van der Waals surface area contributed by atoms with E-state index < -0.39 is 11.4 Å². The smallest absolute Gasteiger partial charge is 0.136 e. The van der Waals surface area contributed by atoms with Gasteiger partial charge in [-0.1, -0.05) is 27.5 Å². The lowest BCUT2D eigenvalue weighted by Gasteiger charge is -2.26. The number of fused-ring (bicyclic) bond motifs is 1. The molecule has 1 heterocycles. The number of nitrogens with zero attached hydrogens (tertiary/aromatic N) is 1. The Morgan fingerprint density at radius 1 is 1.33 bits per heavy atom. The summed E-state index contributed by atoms with van der Waals surface area (Å²) < 4.78 is 16.0. The molecule has 1 N–H and O–H groups in total. The van der Waals surface area contributed by atoms with Crippen molar-refractivity contribution >= 4 is 49.8 Å². The van der Waals surface area contributed by atoms with E-state index in [1.165, 1.54) is 0 Å². The maximum Gasteiger partial charge on any atom is 0.136 e. The van der Waals surface area contributed by atoms with Gasteiger partial charge >= 0.3 is 0 Å². The minimum absolute atomic E-state index is 0.145. The van der Waals surface area contributed by atoms with E-state index in [1.54, 1.807) is 0 Å². The second kappa shape index (κ2) is 6.42. The van der Waals surface area contributed by atoms with Gasteiger partial charge in [0.1, 0.15) is 9.90 Å². The van der Waals surface area contributed by atoms with Gasteiger partial charge in [0.15, 0.2) is 0 Å². The van der Waals surface area contributed by atoms with Crippen molar-refractivity contribution in [2.24, 2.45) is 0 Å². The fourth-order valence-electron chi connectivity index (χ4n) is 1.84. The fraction of sp³-hybridized carbons (Fsp3) is 0.400. The molecule has 2 aromatic rings. The topological polar surface area (TPSA) is 48.0 Å². The van der Waals surface area contributed by atoms with Gasteiger partial charge in [-0.3, -0.25) is 0 Å². The molecule has 0 bridgehead atoms. The Labute approximate surface area is 141 Å². The van der Waals surface area contributed by atoms with Crippen molar-refractivity contribution in [3.63, 3.8) is 0 Å². The number of nitrogens with one attached hydrogen (secondary N) is 1. The van der Waals surface area contributed by atoms with E-state index in [1.807, 2.05) is 52.0 Å². The van der Waals surface area contributed by atoms with Gasteiger partial charge in [-0.15, -0.1) is 4.72 Å². The van der Waals surface area contributed by atoms with Crippen molar-refractivity contribution in [2.45, 2.75) is 38.5 Å². The fourth-order valence-corrected chi connectivity index (χ4v) is 3.33. The van der Waals surface area contributed by atoms with Crippen molar-refractivity contribution in [2.75, 3.05) is 0 Å². The summed E-state index contributed by atoms with van der Waals surface area (Å²) in [5, 5.41) is 1.44. The lowest BCUT2D eigenvalue weighted by molar-refractivity contribution is 0.531. The van der Waals surface area contributed by atoms with Crippen LogP contribution >= 0.6 is 27.5 Å². The zero-order valence-corrected chi connectivity index (χ0v) is 15.6. The van der Waals surface area contributed by atoms with Crippen LogP contribution in [0.15, 0.2) is 28.7 Å². The van der Waals surface area contributed by atoms with Crippen LogP contribution < -0.4 is 4.72 Å². The molecule has 0 saturated carbocycles. The van der Waals surface area contributed by atoms with Gasteiger partial charge in [-0.2, -0.15) is 0 Å². The van der Waals surface area contributed by atoms with Gasteiger partial charge in [0.25, 0.3) is 0 Å². The molecule has 2 rings (SSSR count). The lowest BCUT2D eigenvalue weighted by Crippen LogP contribution is -2.40. The Bertz CT molecular complexity index is 660. The first-order chi connectivity index (χ1) is 9.68. The summed E-state index contributed by atoms with van der Waals surface area (Å²) >= 11 is 8.57. The molecule has 6 heteroatoms. The van der Waals surface area contributed by atoms with Gasteiger partial charge in [0.2, 0.25) is 0 Å². The molecule has 0 amide bonds. The van der Waals surface area contributed by atoms with Crippen molar-refractivity contribution in [3.8, 4) is 0 Å². The van der Waals surface area contributed by atoms with Crippen LogP contribution in [0.4, 0.5) is 0 Å². The highest BCUT2D eigenvalue weighted by Gasteiger charge is 2.29. The molecule has 2 atom stereocenters. The summed E-state index contributed by atoms with van der Waals surface area (Å²) in [4.78, 5) is 4.41. The molecule has 0 saturated heterocycles. The predicted octanol–water partition coefficient (Wildman–Crippen LogP) is 4.76. The summed E-state index contributed by atoms with van der Waals surface area (Å²) in [6, 6.07) is 7.69. The highest BCUT2D eigenvalue weighted by atomic mass is 79.9. The van der Waals surface area contributed by atoms with E-state index in [-0.39, 0.29) is 10.8 Å². The number of hydrogen-bond donors (Lipinski definition) is 1. The second-order valence-electron chi connectivity index (χ2n) is 5.93. The minimum atomic E-state index is -1.16. The van der Waals surface area contributed by atoms with Gasteiger partial charge in [-0.25, -0.2) is 4.98 Å². The maximum absolute atomic E-state index is 12.2. The van der Waals surface area contributed by atoms with Crippen molar-refractivity contribution in [3.05, 3.63) is 39.5 Å². The van der Waals surface area contributed by atoms with Crippen LogP contribution in [0.5, 0.6) is 0 Å². The summed E-state index contributed by atoms with van der Waals surface area (Å²) in [5.41, 5.74) is 1.69. The van der Waals surface area contributed by atoms with E-state index in [0.717, 1.165) is 20.9 Å². The standard InChI is InChI=1S/C15H18BrClN2OS/c1-9(19-21(20)15(2,3)4)12-8-10-7-11(16)5-6-13(10)18-14(12)17/h5-9,19H,1-4H3/t9-,21?/m0/s1. The first-order valence-electron chi connectivity index (χ1n) is 6.62. The average molecular weight is 390 g/mol. The number of pyridine rings is 1. The van der Waals surface area contributed by atoms with E-state index in [9.17, 15) is 4.55 Å². The molecule has 0 aliphatic carbocycles. The molecule has 0 spiro atoms. The van der Waals surface area contributed by atoms with E-state index >= 15 is 0 Å². The number of halogens is 2. The Balaban J connectivity index is 2.34. The van der Waals surface area contributed by atoms with Crippen LogP contribution in [0.25, 0.3) is 10.9 Å². The van der Waals surface area contributed by atoms with Gasteiger partial charge < -0.3 is 4.55 Å². The van der Waals surface area contributed by atoms with Crippen LogP contribution in [0.3, 0.4) is 0 Å². The molecule has 114 valence electrons. The second-order valence-corrected chi connectivity index (χ2v) is 9.20. The molecule has 3 nitrogen and oxygen atoms in total. The molecule has 0 aliphatic heterocycles. The average Bonchev–Trinajstić information content (AvgIpc) is 2.37. The normalized spacial score (nSPS) is 15.2. The van der Waals surface area contributed by atoms with Crippen LogP contribution in [-0.2, 0) is 11.4 Å². The third kappa shape index (κ3) is 4.11. The monoisotopic (exact) mass is 388 g/mol. The summed E-state index contributed by atoms with van der Waals surface area (Å²) in [6.07, 6.45) is 0. The summed E-state index contributed by atoms with van der Waals surface area (Å²) in [5.74, 6) is 0. The third-order valence-electron chi connectivity index (χ3n) is 3.06. The third-order valence-corrected chi connectivity index (χ3v) is 5.54. The van der Waals surface area contributed by atoms with Crippen molar-refractivity contribution in [1.82, 2.24) is 9.71 Å². The van der Waals surface area contributed by atoms with Crippen LogP contribution in [0.2, 0.25) is 5.15 Å². The summed E-state index contributed by atoms with van der Waals surface area (Å²) in [6.45, 7) is 7.73. The van der Waals surface area contributed by atoms with Crippen LogP contribution in [0.1, 0.15) is 39.3 Å². The molecular formula is C15H18BrClN2OS. The zero-order valence-electron chi connectivity index (χ0n) is 12.4. The van der Waals surface area contributed by atoms with Crippen LogP contribution in [-0.4, -0.2) is 14.3 Å². The van der Waals surface area contributed by atoms with Gasteiger partial charge in [-0.05, 0) is 52.0 Å². The Morgan fingerprint density at radius 3 is 2.62 bits per heavy atom. The molecular weight excluding hydrogens is 372 g/mol. The maximum atomic E-state index is 12.2. The summed E-state index contributed by atoms with van der Waals surface area (Å²) in [7, 11) is 0. The molecule has 0 aliphatic rings. The Morgan fingerprint density at radius 2 is 2.00 bits per heavy atom. The molecule has 1 aromatic heterocycles. The van der Waals surface area contributed by atoms with E-state index in [4.69, 9.17) is 11.6 Å². The van der Waals surface area contributed by atoms with Gasteiger partial charge in [0, 0.05) is 26.8 Å². The minimum Gasteiger partial charge on any atom is -0.598 e. The molecule has 1 unspecified atom stereocenters. The Kier molecular flexibility index (Phi) is 5.21. The molecule has 1 aromatic carbocycles. The highest BCUT2D eigenvalue weighted by molar-refractivity contribution is 9.10. The first kappa shape index (κ1) is 17.0. The number of rotatable bonds is 3. The van der Waals surface area contributed by atoms with Crippen molar-refractivity contribution in [1.29, 1.82) is 0 Å². The highest BCUT2D eigenvalue weighted by Crippen LogP contribution is 2.28. The number of aromatic nitrogens is 1. The Hall–Kier alpha value is -0.330. The van der Waals surface area contributed by atoms with Gasteiger partial charge in [0.05, 0.1) is 11.6 Å². The molecule has 0 radical (unpaired) electrons. The van der Waals surface area contributed by atoms with Crippen molar-refractivity contribution < 1.29 is 4.55 Å². The first-order valence-corrected chi connectivity index (χ1v) is 8.94. The SMILES string of the molecule is C[C@H](N[S+]([O-])C(C)(C)C)c1cc2cc(Br)ccc2nc1Cl. The molecule has 21 heavy (non-hydrogen) atoms. The molecule has 0 fully saturated rings. The lowest BCUT2D eigenvalue weighted by atomic mass is 10.1. The van der Waals surface area contributed by atoms with Crippen LogP contribution in [0, 0.1) is 0 Å². The quantitative estimate of drug-likeness (QED) is 0.608. The van der Waals surface area contributed by atoms with E-state index in [0.29, 0.717) is 5.15 Å². The van der Waals surface area contributed by atoms with E-state index in [2.05, 4.69) is 25.6 Å². The predicted molar refractivity (Wildman–Crippen MR) is 93.9 cm³/mol. The number of hydrogen-bond acceptors (Lipinski definition) is 3. The number of benzene rings is 1. The largest absolute Gasteiger partial charge is 0.598 e. The zero-order chi connectivity index (χ0) is 15.8.